The first-order valence-electron chi connectivity index (χ1n) is 10.5. The molecule has 2 aromatic carbocycles. The lowest BCUT2D eigenvalue weighted by molar-refractivity contribution is -0.384. The molecule has 0 saturated heterocycles. The summed E-state index contributed by atoms with van der Waals surface area (Å²) in [6.45, 7) is 3.37. The van der Waals surface area contributed by atoms with Crippen LogP contribution in [-0.4, -0.2) is 41.3 Å². The van der Waals surface area contributed by atoms with Crippen LogP contribution < -0.4 is 21.1 Å². The van der Waals surface area contributed by atoms with E-state index in [1.54, 1.807) is 0 Å². The maximum atomic E-state index is 12.6. The van der Waals surface area contributed by atoms with Gasteiger partial charge in [-0.25, -0.2) is 4.79 Å². The van der Waals surface area contributed by atoms with Crippen LogP contribution in [0.3, 0.4) is 0 Å². The normalized spacial score (nSPS) is 12.5. The fraction of sp³-hybridized carbons (Fsp3) is 0.348. The Bertz CT molecular complexity index is 963. The molecule has 0 radical (unpaired) electrons. The van der Waals surface area contributed by atoms with Crippen LogP contribution in [0.25, 0.3) is 0 Å². The summed E-state index contributed by atoms with van der Waals surface area (Å²) < 4.78 is 5.06. The number of nitro benzene ring substituents is 1. The van der Waals surface area contributed by atoms with Crippen molar-refractivity contribution in [3.8, 4) is 5.75 Å². The van der Waals surface area contributed by atoms with E-state index in [9.17, 15) is 24.5 Å². The molecule has 2 atom stereocenters. The number of hydrogen-bond acceptors (Lipinski definition) is 7. The molecule has 0 heterocycles. The van der Waals surface area contributed by atoms with Crippen molar-refractivity contribution in [3.05, 3.63) is 70.3 Å². The van der Waals surface area contributed by atoms with Crippen LogP contribution in [0, 0.1) is 16.0 Å². The third kappa shape index (κ3) is 8.69. The third-order valence-electron chi connectivity index (χ3n) is 4.66. The number of hydrogen-bond donors (Lipinski definition) is 3. The van der Waals surface area contributed by atoms with Gasteiger partial charge in [-0.2, -0.15) is 0 Å². The molecule has 0 bridgehead atoms. The minimum absolute atomic E-state index is 0.0958. The number of nitro groups is 1. The highest BCUT2D eigenvalue weighted by Crippen LogP contribution is 2.17. The maximum Gasteiger partial charge on any atom is 0.330 e. The summed E-state index contributed by atoms with van der Waals surface area (Å²) in [5, 5.41) is 15.8. The van der Waals surface area contributed by atoms with Gasteiger partial charge in [-0.15, -0.1) is 0 Å². The Labute approximate surface area is 191 Å². The highest BCUT2D eigenvalue weighted by molar-refractivity contribution is 5.91. The molecule has 0 saturated carbocycles. The molecule has 2 amide bonds. The number of carbonyl (C=O) groups is 3. The lowest BCUT2D eigenvalue weighted by Crippen LogP contribution is -2.53. The van der Waals surface area contributed by atoms with E-state index in [1.807, 2.05) is 44.2 Å². The number of esters is 1. The SMILES string of the molecule is CC(C)CC(NC(=O)C(N)Cc1ccccc1)C(=O)NCC(=O)Oc1ccc([N+](=O)[O-])cc1. The van der Waals surface area contributed by atoms with Crippen LogP contribution in [0.5, 0.6) is 5.75 Å². The highest BCUT2D eigenvalue weighted by atomic mass is 16.6. The van der Waals surface area contributed by atoms with E-state index in [4.69, 9.17) is 10.5 Å². The molecular formula is C23H28N4O6. The smallest absolute Gasteiger partial charge is 0.330 e. The van der Waals surface area contributed by atoms with E-state index >= 15 is 0 Å². The van der Waals surface area contributed by atoms with Crippen LogP contribution >= 0.6 is 0 Å². The van der Waals surface area contributed by atoms with Gasteiger partial charge in [0.1, 0.15) is 18.3 Å². The molecule has 0 aliphatic carbocycles. The van der Waals surface area contributed by atoms with Crippen LogP contribution in [0.2, 0.25) is 0 Å². The van der Waals surface area contributed by atoms with E-state index in [0.717, 1.165) is 5.56 Å². The summed E-state index contributed by atoms with van der Waals surface area (Å²) >= 11 is 0. The van der Waals surface area contributed by atoms with E-state index in [-0.39, 0.29) is 17.4 Å². The van der Waals surface area contributed by atoms with Crippen molar-refractivity contribution >= 4 is 23.5 Å². The lowest BCUT2D eigenvalue weighted by Gasteiger charge is -2.22. The number of nitrogens with two attached hydrogens (primary N) is 1. The zero-order chi connectivity index (χ0) is 24.4. The summed E-state index contributed by atoms with van der Waals surface area (Å²) in [4.78, 5) is 47.3. The Morgan fingerprint density at radius 1 is 1.03 bits per heavy atom. The molecule has 10 heteroatoms. The van der Waals surface area contributed by atoms with Gasteiger partial charge in [0.25, 0.3) is 5.69 Å². The van der Waals surface area contributed by atoms with E-state index in [1.165, 1.54) is 24.3 Å². The molecule has 2 rings (SSSR count). The summed E-state index contributed by atoms with van der Waals surface area (Å²) in [5.41, 5.74) is 6.77. The number of ether oxygens (including phenoxy) is 1. The highest BCUT2D eigenvalue weighted by Gasteiger charge is 2.25. The van der Waals surface area contributed by atoms with Gasteiger partial charge in [0.15, 0.2) is 0 Å². The molecule has 176 valence electrons. The molecule has 0 aliphatic heterocycles. The Morgan fingerprint density at radius 2 is 1.67 bits per heavy atom. The second kappa shape index (κ2) is 12.3. The molecule has 0 aliphatic rings. The molecule has 33 heavy (non-hydrogen) atoms. The first kappa shape index (κ1) is 25.5. The van der Waals surface area contributed by atoms with Gasteiger partial charge < -0.3 is 21.1 Å². The monoisotopic (exact) mass is 456 g/mol. The Hall–Kier alpha value is -3.79. The summed E-state index contributed by atoms with van der Waals surface area (Å²) in [6, 6.07) is 12.6. The fourth-order valence-corrected chi connectivity index (χ4v) is 3.03. The van der Waals surface area contributed by atoms with E-state index in [2.05, 4.69) is 10.6 Å². The van der Waals surface area contributed by atoms with Crippen molar-refractivity contribution in [3.63, 3.8) is 0 Å². The molecule has 2 aromatic rings. The van der Waals surface area contributed by atoms with Crippen molar-refractivity contribution in [2.45, 2.75) is 38.8 Å². The third-order valence-corrected chi connectivity index (χ3v) is 4.66. The van der Waals surface area contributed by atoms with E-state index < -0.39 is 41.3 Å². The largest absolute Gasteiger partial charge is 0.425 e. The van der Waals surface area contributed by atoms with Crippen LogP contribution in [-0.2, 0) is 20.8 Å². The number of non-ortho nitro benzene ring substituents is 1. The molecular weight excluding hydrogens is 428 g/mol. The van der Waals surface area contributed by atoms with Crippen molar-refractivity contribution in [1.29, 1.82) is 0 Å². The van der Waals surface area contributed by atoms with E-state index in [0.29, 0.717) is 12.8 Å². The Morgan fingerprint density at radius 3 is 2.24 bits per heavy atom. The van der Waals surface area contributed by atoms with Gasteiger partial charge in [0.2, 0.25) is 11.8 Å². The predicted molar refractivity (Wildman–Crippen MR) is 121 cm³/mol. The molecule has 0 aromatic heterocycles. The number of rotatable bonds is 11. The maximum absolute atomic E-state index is 12.6. The topological polar surface area (TPSA) is 154 Å². The van der Waals surface area contributed by atoms with Crippen molar-refractivity contribution in [2.24, 2.45) is 11.7 Å². The number of benzene rings is 2. The van der Waals surface area contributed by atoms with Gasteiger partial charge in [-0.3, -0.25) is 19.7 Å². The van der Waals surface area contributed by atoms with Crippen molar-refractivity contribution in [1.82, 2.24) is 10.6 Å². The van der Waals surface area contributed by atoms with Gasteiger partial charge in [-0.1, -0.05) is 44.2 Å². The second-order valence-electron chi connectivity index (χ2n) is 7.93. The average Bonchev–Trinajstić information content (AvgIpc) is 2.77. The zero-order valence-electron chi connectivity index (χ0n) is 18.5. The summed E-state index contributed by atoms with van der Waals surface area (Å²) in [6.07, 6.45) is 0.678. The van der Waals surface area contributed by atoms with Gasteiger partial charge in [0, 0.05) is 12.1 Å². The first-order chi connectivity index (χ1) is 15.7. The summed E-state index contributed by atoms with van der Waals surface area (Å²) in [5.74, 6) is -1.55. The lowest BCUT2D eigenvalue weighted by atomic mass is 10.0. The zero-order valence-corrected chi connectivity index (χ0v) is 18.5. The number of nitrogens with zero attached hydrogens (tertiary/aromatic N) is 1. The molecule has 0 fully saturated rings. The van der Waals surface area contributed by atoms with Gasteiger partial charge >= 0.3 is 5.97 Å². The minimum atomic E-state index is -0.869. The molecule has 10 nitrogen and oxygen atoms in total. The quantitative estimate of drug-likeness (QED) is 0.201. The minimum Gasteiger partial charge on any atom is -0.425 e. The Kier molecular flexibility index (Phi) is 9.49. The van der Waals surface area contributed by atoms with Crippen molar-refractivity contribution in [2.75, 3.05) is 6.54 Å². The Balaban J connectivity index is 1.89. The first-order valence-corrected chi connectivity index (χ1v) is 10.5. The number of amides is 2. The van der Waals surface area contributed by atoms with Gasteiger partial charge in [0.05, 0.1) is 11.0 Å². The van der Waals surface area contributed by atoms with Crippen LogP contribution in [0.1, 0.15) is 25.8 Å². The standard InChI is InChI=1S/C23H28N4O6/c1-15(2)12-20(26-22(29)19(24)13-16-6-4-3-5-7-16)23(30)25-14-21(28)33-18-10-8-17(9-11-18)27(31)32/h3-11,15,19-20H,12-14,24H2,1-2H3,(H,25,30)(H,26,29). The number of carbonyl (C=O) groups excluding carboxylic acids is 3. The van der Waals surface area contributed by atoms with Crippen LogP contribution in [0.15, 0.2) is 54.6 Å². The summed E-state index contributed by atoms with van der Waals surface area (Å²) in [7, 11) is 0. The predicted octanol–water partition coefficient (Wildman–Crippen LogP) is 1.72. The van der Waals surface area contributed by atoms with Crippen LogP contribution in [0.4, 0.5) is 5.69 Å². The molecule has 4 N–H and O–H groups in total. The number of nitrogens with one attached hydrogen (secondary N) is 2. The van der Waals surface area contributed by atoms with Gasteiger partial charge in [-0.05, 0) is 36.5 Å². The molecule has 2 unspecified atom stereocenters. The molecule has 0 spiro atoms. The average molecular weight is 456 g/mol. The second-order valence-corrected chi connectivity index (χ2v) is 7.93. The van der Waals surface area contributed by atoms with Crippen molar-refractivity contribution < 1.29 is 24.0 Å². The fourth-order valence-electron chi connectivity index (χ4n) is 3.03.